The summed E-state index contributed by atoms with van der Waals surface area (Å²) in [6, 6.07) is 0. The van der Waals surface area contributed by atoms with E-state index in [1.807, 2.05) is 6.08 Å². The van der Waals surface area contributed by atoms with Crippen molar-refractivity contribution in [3.63, 3.8) is 0 Å². The largest absolute Gasteiger partial charge is 0.133 e. The number of hydrogen-bond acceptors (Lipinski definition) is 0. The highest BCUT2D eigenvalue weighted by molar-refractivity contribution is 4.74. The minimum atomic E-state index is 1.17. The standard InChI is InChI=1S/C14H26/c1-3-5-7-9-11-13-14-12-10-8-6-4-2/h5H,1,4,6-14H2,2H3. The van der Waals surface area contributed by atoms with Crippen molar-refractivity contribution in [3.8, 4) is 0 Å². The summed E-state index contributed by atoms with van der Waals surface area (Å²) in [6.45, 7) is 5.83. The van der Waals surface area contributed by atoms with Crippen LogP contribution in [0.25, 0.3) is 0 Å². The zero-order valence-electron chi connectivity index (χ0n) is 9.86. The molecular formula is C14H26. The Morgan fingerprint density at radius 2 is 1.36 bits per heavy atom. The first-order valence-electron chi connectivity index (χ1n) is 6.26. The van der Waals surface area contributed by atoms with Crippen LogP contribution in [-0.4, -0.2) is 0 Å². The molecule has 82 valence electrons. The van der Waals surface area contributed by atoms with Crippen LogP contribution in [0.1, 0.15) is 71.1 Å². The van der Waals surface area contributed by atoms with Crippen molar-refractivity contribution in [1.29, 1.82) is 0 Å². The molecule has 0 saturated carbocycles. The van der Waals surface area contributed by atoms with E-state index in [1.54, 1.807) is 0 Å². The lowest BCUT2D eigenvalue weighted by molar-refractivity contribution is 0.566. The first-order valence-corrected chi connectivity index (χ1v) is 6.26. The summed E-state index contributed by atoms with van der Waals surface area (Å²) in [6.07, 6.45) is 15.9. The van der Waals surface area contributed by atoms with E-state index in [-0.39, 0.29) is 0 Å². The Morgan fingerprint density at radius 3 is 1.86 bits per heavy atom. The number of allylic oxidation sites excluding steroid dienone is 1. The molecule has 0 amide bonds. The van der Waals surface area contributed by atoms with Crippen LogP contribution in [0.2, 0.25) is 0 Å². The van der Waals surface area contributed by atoms with Crippen LogP contribution >= 0.6 is 0 Å². The molecule has 0 aliphatic carbocycles. The van der Waals surface area contributed by atoms with E-state index in [4.69, 9.17) is 0 Å². The summed E-state index contributed by atoms with van der Waals surface area (Å²) in [5.41, 5.74) is 2.82. The summed E-state index contributed by atoms with van der Waals surface area (Å²) in [5.74, 6) is 0. The molecule has 0 aliphatic rings. The molecule has 0 rings (SSSR count). The normalized spacial score (nSPS) is 9.79. The number of unbranched alkanes of at least 4 members (excludes halogenated alkanes) is 9. The predicted molar refractivity (Wildman–Crippen MR) is 65.6 cm³/mol. The van der Waals surface area contributed by atoms with Crippen LogP contribution < -0.4 is 0 Å². The van der Waals surface area contributed by atoms with Gasteiger partial charge in [0.25, 0.3) is 0 Å². The molecule has 0 radical (unpaired) electrons. The summed E-state index contributed by atoms with van der Waals surface area (Å²) < 4.78 is 0. The molecule has 0 spiro atoms. The van der Waals surface area contributed by atoms with Crippen molar-refractivity contribution >= 4 is 0 Å². The third-order valence-electron chi connectivity index (χ3n) is 2.60. The zero-order chi connectivity index (χ0) is 10.5. The molecule has 0 aliphatic heterocycles. The maximum Gasteiger partial charge on any atom is -0.0275 e. The number of rotatable bonds is 10. The molecule has 0 atom stereocenters. The lowest BCUT2D eigenvalue weighted by Crippen LogP contribution is -1.80. The average molecular weight is 194 g/mol. The van der Waals surface area contributed by atoms with Crippen LogP contribution in [0, 0.1) is 0 Å². The Hall–Kier alpha value is -0.480. The maximum atomic E-state index is 3.56. The van der Waals surface area contributed by atoms with E-state index < -0.39 is 0 Å². The van der Waals surface area contributed by atoms with Crippen molar-refractivity contribution in [2.75, 3.05) is 0 Å². The molecule has 0 nitrogen and oxygen atoms in total. The fourth-order valence-electron chi connectivity index (χ4n) is 1.66. The van der Waals surface area contributed by atoms with E-state index in [0.717, 1.165) is 0 Å². The summed E-state index contributed by atoms with van der Waals surface area (Å²) in [4.78, 5) is 0. The Bertz CT molecular complexity index is 140. The van der Waals surface area contributed by atoms with Crippen molar-refractivity contribution in [1.82, 2.24) is 0 Å². The van der Waals surface area contributed by atoms with E-state index >= 15 is 0 Å². The van der Waals surface area contributed by atoms with Gasteiger partial charge >= 0.3 is 0 Å². The second-order valence-corrected chi connectivity index (χ2v) is 4.03. The topological polar surface area (TPSA) is 0 Å². The lowest BCUT2D eigenvalue weighted by atomic mass is 10.1. The first kappa shape index (κ1) is 13.5. The molecule has 0 saturated heterocycles. The van der Waals surface area contributed by atoms with Gasteiger partial charge in [-0.05, 0) is 18.9 Å². The third-order valence-corrected chi connectivity index (χ3v) is 2.60. The van der Waals surface area contributed by atoms with Gasteiger partial charge in [0.1, 0.15) is 0 Å². The quantitative estimate of drug-likeness (QED) is 0.329. The predicted octanol–water partition coefficient (Wildman–Crippen LogP) is 5.25. The SMILES string of the molecule is C=C=CCCCCCCCCCCC. The van der Waals surface area contributed by atoms with Crippen molar-refractivity contribution in [2.45, 2.75) is 71.1 Å². The molecule has 0 heteroatoms. The molecule has 0 aromatic carbocycles. The molecular weight excluding hydrogens is 168 g/mol. The van der Waals surface area contributed by atoms with Crippen LogP contribution in [0.3, 0.4) is 0 Å². The smallest absolute Gasteiger partial charge is 0.0275 e. The molecule has 14 heavy (non-hydrogen) atoms. The molecule has 0 unspecified atom stereocenters. The van der Waals surface area contributed by atoms with Gasteiger partial charge in [-0.25, -0.2) is 0 Å². The zero-order valence-corrected chi connectivity index (χ0v) is 9.86. The van der Waals surface area contributed by atoms with Gasteiger partial charge in [0.15, 0.2) is 0 Å². The van der Waals surface area contributed by atoms with Crippen LogP contribution in [0.15, 0.2) is 18.4 Å². The fraction of sp³-hybridized carbons (Fsp3) is 0.786. The minimum absolute atomic E-state index is 1.17. The molecule has 0 aromatic heterocycles. The van der Waals surface area contributed by atoms with Crippen LogP contribution in [0.5, 0.6) is 0 Å². The third kappa shape index (κ3) is 11.5. The lowest BCUT2D eigenvalue weighted by Gasteiger charge is -2.00. The van der Waals surface area contributed by atoms with Gasteiger partial charge in [-0.15, -0.1) is 5.73 Å². The summed E-state index contributed by atoms with van der Waals surface area (Å²) in [5, 5.41) is 0. The van der Waals surface area contributed by atoms with E-state index in [1.165, 1.54) is 64.2 Å². The van der Waals surface area contributed by atoms with Crippen LogP contribution in [-0.2, 0) is 0 Å². The Kier molecular flexibility index (Phi) is 12.1. The van der Waals surface area contributed by atoms with Gasteiger partial charge in [-0.2, -0.15) is 0 Å². The van der Waals surface area contributed by atoms with Crippen molar-refractivity contribution < 1.29 is 0 Å². The molecule has 0 fully saturated rings. The Labute approximate surface area is 90.1 Å². The van der Waals surface area contributed by atoms with Gasteiger partial charge < -0.3 is 0 Å². The van der Waals surface area contributed by atoms with E-state index in [2.05, 4.69) is 19.2 Å². The highest BCUT2D eigenvalue weighted by Gasteiger charge is 1.90. The summed E-state index contributed by atoms with van der Waals surface area (Å²) in [7, 11) is 0. The van der Waals surface area contributed by atoms with Crippen LogP contribution in [0.4, 0.5) is 0 Å². The monoisotopic (exact) mass is 194 g/mol. The highest BCUT2D eigenvalue weighted by atomic mass is 14.0. The second-order valence-electron chi connectivity index (χ2n) is 4.03. The molecule has 0 N–H and O–H groups in total. The minimum Gasteiger partial charge on any atom is -0.133 e. The van der Waals surface area contributed by atoms with Crippen molar-refractivity contribution in [3.05, 3.63) is 18.4 Å². The van der Waals surface area contributed by atoms with Gasteiger partial charge in [-0.1, -0.05) is 64.9 Å². The van der Waals surface area contributed by atoms with Gasteiger partial charge in [0.2, 0.25) is 0 Å². The first-order chi connectivity index (χ1) is 6.91. The van der Waals surface area contributed by atoms with Gasteiger partial charge in [-0.3, -0.25) is 0 Å². The maximum absolute atomic E-state index is 3.56. The molecule has 0 heterocycles. The fourth-order valence-corrected chi connectivity index (χ4v) is 1.66. The molecule has 0 aromatic rings. The Balaban J connectivity index is 2.88. The Morgan fingerprint density at radius 1 is 0.857 bits per heavy atom. The molecule has 0 bridgehead atoms. The summed E-state index contributed by atoms with van der Waals surface area (Å²) >= 11 is 0. The van der Waals surface area contributed by atoms with E-state index in [9.17, 15) is 0 Å². The average Bonchev–Trinajstić information content (AvgIpc) is 2.21. The van der Waals surface area contributed by atoms with E-state index in [0.29, 0.717) is 0 Å². The van der Waals surface area contributed by atoms with Crippen molar-refractivity contribution in [2.24, 2.45) is 0 Å². The number of hydrogen-bond donors (Lipinski definition) is 0. The van der Waals surface area contributed by atoms with Gasteiger partial charge in [0.05, 0.1) is 0 Å². The second kappa shape index (κ2) is 12.5. The highest BCUT2D eigenvalue weighted by Crippen LogP contribution is 2.10. The van der Waals surface area contributed by atoms with Gasteiger partial charge in [0, 0.05) is 0 Å².